The molecule has 1 aliphatic carbocycles. The van der Waals surface area contributed by atoms with Crippen molar-refractivity contribution in [2.75, 3.05) is 7.11 Å². The van der Waals surface area contributed by atoms with E-state index in [9.17, 15) is 4.79 Å². The Hall–Kier alpha value is -1.58. The molecule has 1 saturated carbocycles. The third-order valence-corrected chi connectivity index (χ3v) is 3.48. The Labute approximate surface area is 108 Å². The highest BCUT2D eigenvalue weighted by Gasteiger charge is 2.22. The molecule has 1 aromatic heterocycles. The first-order valence-corrected chi connectivity index (χ1v) is 6.50. The van der Waals surface area contributed by atoms with Gasteiger partial charge in [-0.15, -0.1) is 0 Å². The number of amides is 1. The highest BCUT2D eigenvalue weighted by Crippen LogP contribution is 2.24. The molecule has 0 bridgehead atoms. The maximum absolute atomic E-state index is 12.2. The molecule has 2 unspecified atom stereocenters. The lowest BCUT2D eigenvalue weighted by molar-refractivity contribution is 0.0917. The van der Waals surface area contributed by atoms with Crippen molar-refractivity contribution in [2.24, 2.45) is 5.92 Å². The third-order valence-electron chi connectivity index (χ3n) is 3.48. The predicted octanol–water partition coefficient (Wildman–Crippen LogP) is 2.40. The van der Waals surface area contributed by atoms with Crippen LogP contribution in [0.15, 0.2) is 18.3 Å². The minimum Gasteiger partial charge on any atom is -0.480 e. The second-order valence-corrected chi connectivity index (χ2v) is 5.00. The van der Waals surface area contributed by atoms with Gasteiger partial charge in [-0.25, -0.2) is 4.98 Å². The van der Waals surface area contributed by atoms with Crippen LogP contribution in [0, 0.1) is 5.92 Å². The van der Waals surface area contributed by atoms with Gasteiger partial charge in [-0.3, -0.25) is 4.79 Å². The molecule has 1 aromatic rings. The maximum atomic E-state index is 12.2. The van der Waals surface area contributed by atoms with Crippen LogP contribution in [0.5, 0.6) is 5.88 Å². The van der Waals surface area contributed by atoms with E-state index in [1.165, 1.54) is 20.0 Å². The number of hydrogen-bond acceptors (Lipinski definition) is 3. The van der Waals surface area contributed by atoms with E-state index >= 15 is 0 Å². The molecule has 1 aliphatic rings. The first-order chi connectivity index (χ1) is 8.70. The van der Waals surface area contributed by atoms with Gasteiger partial charge < -0.3 is 10.1 Å². The Bertz CT molecular complexity index is 420. The zero-order chi connectivity index (χ0) is 13.0. The lowest BCUT2D eigenvalue weighted by atomic mass is 9.87. The number of nitrogens with zero attached hydrogens (tertiary/aromatic N) is 1. The predicted molar refractivity (Wildman–Crippen MR) is 69.7 cm³/mol. The first-order valence-electron chi connectivity index (χ1n) is 6.50. The highest BCUT2D eigenvalue weighted by molar-refractivity contribution is 5.96. The van der Waals surface area contributed by atoms with Gasteiger partial charge in [-0.1, -0.05) is 19.8 Å². The van der Waals surface area contributed by atoms with Crippen molar-refractivity contribution in [2.45, 2.75) is 38.6 Å². The SMILES string of the molecule is COc1ncccc1C(=O)NC1CCCC(C)C1. The molecule has 0 aliphatic heterocycles. The molecule has 4 heteroatoms. The molecule has 0 saturated heterocycles. The Morgan fingerprint density at radius 2 is 2.33 bits per heavy atom. The Balaban J connectivity index is 2.03. The minimum atomic E-state index is -0.0842. The van der Waals surface area contributed by atoms with E-state index in [0.29, 0.717) is 17.4 Å². The Morgan fingerprint density at radius 1 is 1.50 bits per heavy atom. The fourth-order valence-corrected chi connectivity index (χ4v) is 2.55. The van der Waals surface area contributed by atoms with Crippen LogP contribution in [0.25, 0.3) is 0 Å². The van der Waals surface area contributed by atoms with Crippen molar-refractivity contribution in [1.29, 1.82) is 0 Å². The smallest absolute Gasteiger partial charge is 0.256 e. The summed E-state index contributed by atoms with van der Waals surface area (Å²) in [5.41, 5.74) is 0.512. The van der Waals surface area contributed by atoms with Gasteiger partial charge in [0.05, 0.1) is 7.11 Å². The number of aromatic nitrogens is 1. The molecule has 4 nitrogen and oxygen atoms in total. The molecule has 2 rings (SSSR count). The number of methoxy groups -OCH3 is 1. The molecule has 1 heterocycles. The van der Waals surface area contributed by atoms with Crippen molar-refractivity contribution in [3.05, 3.63) is 23.9 Å². The molecule has 1 amide bonds. The van der Waals surface area contributed by atoms with Gasteiger partial charge in [-0.2, -0.15) is 0 Å². The molecule has 0 aromatic carbocycles. The van der Waals surface area contributed by atoms with Crippen LogP contribution in [-0.2, 0) is 0 Å². The molecule has 0 radical (unpaired) electrons. The summed E-state index contributed by atoms with van der Waals surface area (Å²) >= 11 is 0. The zero-order valence-corrected chi connectivity index (χ0v) is 11.0. The number of ether oxygens (including phenoxy) is 1. The first kappa shape index (κ1) is 12.9. The van der Waals surface area contributed by atoms with Crippen molar-refractivity contribution in [1.82, 2.24) is 10.3 Å². The average Bonchev–Trinajstić information content (AvgIpc) is 2.38. The van der Waals surface area contributed by atoms with Crippen molar-refractivity contribution in [3.63, 3.8) is 0 Å². The van der Waals surface area contributed by atoms with Crippen LogP contribution in [0.3, 0.4) is 0 Å². The summed E-state index contributed by atoms with van der Waals surface area (Å²) in [4.78, 5) is 16.2. The Kier molecular flexibility index (Phi) is 4.18. The zero-order valence-electron chi connectivity index (χ0n) is 11.0. The second-order valence-electron chi connectivity index (χ2n) is 5.00. The van der Waals surface area contributed by atoms with E-state index in [-0.39, 0.29) is 11.9 Å². The van der Waals surface area contributed by atoms with E-state index in [4.69, 9.17) is 4.74 Å². The highest BCUT2D eigenvalue weighted by atomic mass is 16.5. The van der Waals surface area contributed by atoms with Crippen LogP contribution in [0.2, 0.25) is 0 Å². The van der Waals surface area contributed by atoms with Crippen molar-refractivity contribution in [3.8, 4) is 5.88 Å². The monoisotopic (exact) mass is 248 g/mol. The topological polar surface area (TPSA) is 51.2 Å². The number of hydrogen-bond donors (Lipinski definition) is 1. The van der Waals surface area contributed by atoms with Crippen molar-refractivity contribution >= 4 is 5.91 Å². The van der Waals surface area contributed by atoms with E-state index in [1.807, 2.05) is 0 Å². The second kappa shape index (κ2) is 5.85. The fourth-order valence-electron chi connectivity index (χ4n) is 2.55. The van der Waals surface area contributed by atoms with Crippen LogP contribution in [0.1, 0.15) is 43.0 Å². The Morgan fingerprint density at radius 3 is 3.06 bits per heavy atom. The minimum absolute atomic E-state index is 0.0842. The van der Waals surface area contributed by atoms with Gasteiger partial charge in [-0.05, 0) is 30.9 Å². The van der Waals surface area contributed by atoms with Gasteiger partial charge in [0.1, 0.15) is 5.56 Å². The summed E-state index contributed by atoms with van der Waals surface area (Å²) in [5.74, 6) is 0.998. The average molecular weight is 248 g/mol. The third kappa shape index (κ3) is 3.00. The molecule has 2 atom stereocenters. The summed E-state index contributed by atoms with van der Waals surface area (Å²) < 4.78 is 5.10. The van der Waals surface area contributed by atoms with E-state index < -0.39 is 0 Å². The van der Waals surface area contributed by atoms with E-state index in [1.54, 1.807) is 18.3 Å². The van der Waals surface area contributed by atoms with E-state index in [0.717, 1.165) is 12.8 Å². The van der Waals surface area contributed by atoms with Gasteiger partial charge in [0.25, 0.3) is 5.91 Å². The number of carbonyl (C=O) groups excluding carboxylic acids is 1. The van der Waals surface area contributed by atoms with Crippen LogP contribution in [0.4, 0.5) is 0 Å². The lowest BCUT2D eigenvalue weighted by Crippen LogP contribution is -2.38. The summed E-state index contributed by atoms with van der Waals surface area (Å²) in [7, 11) is 1.53. The molecule has 18 heavy (non-hydrogen) atoms. The maximum Gasteiger partial charge on any atom is 0.256 e. The molecule has 0 spiro atoms. The number of pyridine rings is 1. The fraction of sp³-hybridized carbons (Fsp3) is 0.571. The van der Waals surface area contributed by atoms with Crippen LogP contribution < -0.4 is 10.1 Å². The summed E-state index contributed by atoms with van der Waals surface area (Å²) in [5, 5.41) is 3.08. The number of carbonyl (C=O) groups is 1. The number of rotatable bonds is 3. The van der Waals surface area contributed by atoms with Gasteiger partial charge in [0.15, 0.2) is 0 Å². The lowest BCUT2D eigenvalue weighted by Gasteiger charge is -2.27. The molecule has 98 valence electrons. The molecule has 1 N–H and O–H groups in total. The largest absolute Gasteiger partial charge is 0.480 e. The van der Waals surface area contributed by atoms with E-state index in [2.05, 4.69) is 17.2 Å². The van der Waals surface area contributed by atoms with Gasteiger partial charge in [0.2, 0.25) is 5.88 Å². The molecular formula is C14H20N2O2. The number of nitrogens with one attached hydrogen (secondary N) is 1. The van der Waals surface area contributed by atoms with Gasteiger partial charge >= 0.3 is 0 Å². The summed E-state index contributed by atoms with van der Waals surface area (Å²) in [6.07, 6.45) is 6.21. The van der Waals surface area contributed by atoms with Crippen molar-refractivity contribution < 1.29 is 9.53 Å². The van der Waals surface area contributed by atoms with Crippen LogP contribution >= 0.6 is 0 Å². The summed E-state index contributed by atoms with van der Waals surface area (Å²) in [6.45, 7) is 2.24. The normalized spacial score (nSPS) is 23.4. The molecular weight excluding hydrogens is 228 g/mol. The van der Waals surface area contributed by atoms with Crippen LogP contribution in [-0.4, -0.2) is 24.0 Å². The standard InChI is InChI=1S/C14H20N2O2/c1-10-5-3-6-11(9-10)16-13(17)12-7-4-8-15-14(12)18-2/h4,7-8,10-11H,3,5-6,9H2,1-2H3,(H,16,17). The summed E-state index contributed by atoms with van der Waals surface area (Å²) in [6, 6.07) is 3.78. The quantitative estimate of drug-likeness (QED) is 0.893. The van der Waals surface area contributed by atoms with Gasteiger partial charge in [0, 0.05) is 12.2 Å². The molecule has 1 fully saturated rings.